The largest absolute Gasteiger partial charge is 0.459 e. The molecular weight excluding hydrogens is 174 g/mol. The standard InChI is InChI=1S/C11H26N3/c1-12(2)8-6-10-14(5)11-7-9-13(3)4/h5-11H2,1-4H3/q-1. The van der Waals surface area contributed by atoms with Crippen LogP contribution in [0, 0.1) is 7.05 Å². The molecule has 0 amide bonds. The van der Waals surface area contributed by atoms with Gasteiger partial charge in [-0.2, -0.15) is 0 Å². The lowest BCUT2D eigenvalue weighted by Crippen LogP contribution is -2.25. The molecule has 0 aromatic rings. The van der Waals surface area contributed by atoms with E-state index >= 15 is 0 Å². The van der Waals surface area contributed by atoms with Gasteiger partial charge in [0.1, 0.15) is 0 Å². The summed E-state index contributed by atoms with van der Waals surface area (Å²) in [6.07, 6.45) is 2.41. The Bertz CT molecular complexity index is 110. The molecule has 0 rings (SSSR count). The van der Waals surface area contributed by atoms with E-state index in [1.807, 2.05) is 0 Å². The van der Waals surface area contributed by atoms with Gasteiger partial charge in [0, 0.05) is 0 Å². The molecule has 0 radical (unpaired) electrons. The SMILES string of the molecule is [CH2-]N(CCCN(C)C)CCCN(C)C. The number of hydrogen-bond donors (Lipinski definition) is 0. The van der Waals surface area contributed by atoms with Gasteiger partial charge in [-0.25, -0.2) is 0 Å². The van der Waals surface area contributed by atoms with Crippen molar-refractivity contribution in [3.8, 4) is 0 Å². The molecule has 0 N–H and O–H groups in total. The molecule has 0 atom stereocenters. The summed E-state index contributed by atoms with van der Waals surface area (Å²) >= 11 is 0. The summed E-state index contributed by atoms with van der Waals surface area (Å²) in [4.78, 5) is 6.61. The number of nitrogens with zero attached hydrogens (tertiary/aromatic N) is 3. The van der Waals surface area contributed by atoms with Crippen molar-refractivity contribution in [1.82, 2.24) is 14.7 Å². The van der Waals surface area contributed by atoms with Crippen LogP contribution in [-0.4, -0.2) is 69.1 Å². The molecule has 14 heavy (non-hydrogen) atoms. The maximum atomic E-state index is 4.03. The predicted octanol–water partition coefficient (Wildman–Crippen LogP) is 0.983. The van der Waals surface area contributed by atoms with E-state index in [1.54, 1.807) is 0 Å². The minimum absolute atomic E-state index is 1.10. The zero-order chi connectivity index (χ0) is 11.0. The van der Waals surface area contributed by atoms with E-state index in [4.69, 9.17) is 0 Å². The highest BCUT2D eigenvalue weighted by Gasteiger charge is 1.94. The van der Waals surface area contributed by atoms with E-state index in [2.05, 4.69) is 49.9 Å². The van der Waals surface area contributed by atoms with Crippen molar-refractivity contribution in [2.45, 2.75) is 12.8 Å². The topological polar surface area (TPSA) is 9.72 Å². The van der Waals surface area contributed by atoms with Gasteiger partial charge in [-0.3, -0.25) is 7.05 Å². The molecule has 0 aromatic heterocycles. The third-order valence-corrected chi connectivity index (χ3v) is 2.16. The van der Waals surface area contributed by atoms with E-state index in [1.165, 1.54) is 12.8 Å². The summed E-state index contributed by atoms with van der Waals surface area (Å²) in [7, 11) is 12.5. The maximum absolute atomic E-state index is 4.03. The summed E-state index contributed by atoms with van der Waals surface area (Å²) in [6.45, 7) is 4.51. The van der Waals surface area contributed by atoms with Crippen LogP contribution in [-0.2, 0) is 0 Å². The smallest absolute Gasteiger partial charge is 0.00135 e. The Morgan fingerprint density at radius 1 is 0.714 bits per heavy atom. The fourth-order valence-corrected chi connectivity index (χ4v) is 1.33. The van der Waals surface area contributed by atoms with Crippen molar-refractivity contribution in [2.75, 3.05) is 54.4 Å². The van der Waals surface area contributed by atoms with Crippen molar-refractivity contribution in [3.05, 3.63) is 7.05 Å². The second-order valence-corrected chi connectivity index (χ2v) is 4.43. The summed E-state index contributed by atoms with van der Waals surface area (Å²) < 4.78 is 0. The van der Waals surface area contributed by atoms with Crippen LogP contribution in [0.4, 0.5) is 0 Å². The van der Waals surface area contributed by atoms with Crippen molar-refractivity contribution >= 4 is 0 Å². The summed E-state index contributed by atoms with van der Waals surface area (Å²) in [5, 5.41) is 0. The number of rotatable bonds is 8. The van der Waals surface area contributed by atoms with E-state index in [0.717, 1.165) is 26.2 Å². The van der Waals surface area contributed by atoms with Gasteiger partial charge in [-0.05, 0) is 67.2 Å². The van der Waals surface area contributed by atoms with Gasteiger partial charge in [0.15, 0.2) is 0 Å². The minimum Gasteiger partial charge on any atom is -0.459 e. The van der Waals surface area contributed by atoms with E-state index in [0.29, 0.717) is 0 Å². The summed E-state index contributed by atoms with van der Waals surface area (Å²) in [5.74, 6) is 0. The van der Waals surface area contributed by atoms with Gasteiger partial charge in [0.25, 0.3) is 0 Å². The van der Waals surface area contributed by atoms with Crippen LogP contribution in [0.5, 0.6) is 0 Å². The van der Waals surface area contributed by atoms with Crippen LogP contribution in [0.25, 0.3) is 0 Å². The Morgan fingerprint density at radius 3 is 1.36 bits per heavy atom. The molecule has 0 bridgehead atoms. The molecule has 0 unspecified atom stereocenters. The van der Waals surface area contributed by atoms with Crippen molar-refractivity contribution in [3.63, 3.8) is 0 Å². The Kier molecular flexibility index (Phi) is 8.14. The quantitative estimate of drug-likeness (QED) is 0.541. The lowest BCUT2D eigenvalue weighted by Gasteiger charge is -2.26. The van der Waals surface area contributed by atoms with Crippen LogP contribution in [0.1, 0.15) is 12.8 Å². The zero-order valence-corrected chi connectivity index (χ0v) is 10.3. The second kappa shape index (κ2) is 8.21. The first-order valence-corrected chi connectivity index (χ1v) is 5.37. The molecular formula is C11H26N3-. The first-order chi connectivity index (χ1) is 6.52. The van der Waals surface area contributed by atoms with Crippen molar-refractivity contribution < 1.29 is 0 Å². The van der Waals surface area contributed by atoms with Crippen LogP contribution >= 0.6 is 0 Å². The fraction of sp³-hybridized carbons (Fsp3) is 0.909. The third kappa shape index (κ3) is 9.96. The molecule has 0 aliphatic carbocycles. The van der Waals surface area contributed by atoms with Gasteiger partial charge in [-0.15, -0.1) is 0 Å². The molecule has 0 heterocycles. The first kappa shape index (κ1) is 13.9. The van der Waals surface area contributed by atoms with E-state index in [9.17, 15) is 0 Å². The average Bonchev–Trinajstić information content (AvgIpc) is 2.02. The van der Waals surface area contributed by atoms with Gasteiger partial charge < -0.3 is 14.7 Å². The molecule has 86 valence electrons. The summed E-state index contributed by atoms with van der Waals surface area (Å²) in [5.41, 5.74) is 0. The predicted molar refractivity (Wildman–Crippen MR) is 63.3 cm³/mol. The summed E-state index contributed by atoms with van der Waals surface area (Å²) in [6, 6.07) is 0. The molecule has 0 saturated heterocycles. The van der Waals surface area contributed by atoms with E-state index < -0.39 is 0 Å². The average molecular weight is 200 g/mol. The van der Waals surface area contributed by atoms with Crippen LogP contribution in [0.3, 0.4) is 0 Å². The van der Waals surface area contributed by atoms with Crippen LogP contribution in [0.2, 0.25) is 0 Å². The van der Waals surface area contributed by atoms with Crippen LogP contribution in [0.15, 0.2) is 0 Å². The van der Waals surface area contributed by atoms with Gasteiger partial charge in [0.2, 0.25) is 0 Å². The Morgan fingerprint density at radius 2 is 1.07 bits per heavy atom. The number of hydrogen-bond acceptors (Lipinski definition) is 3. The Balaban J connectivity index is 3.23. The highest BCUT2D eigenvalue weighted by atomic mass is 15.1. The zero-order valence-electron chi connectivity index (χ0n) is 10.3. The molecule has 0 spiro atoms. The molecule has 0 aliphatic rings. The molecule has 0 saturated carbocycles. The van der Waals surface area contributed by atoms with Gasteiger partial charge in [0.05, 0.1) is 0 Å². The third-order valence-electron chi connectivity index (χ3n) is 2.16. The van der Waals surface area contributed by atoms with Gasteiger partial charge >= 0.3 is 0 Å². The van der Waals surface area contributed by atoms with Gasteiger partial charge in [-0.1, -0.05) is 0 Å². The van der Waals surface area contributed by atoms with Crippen molar-refractivity contribution in [2.24, 2.45) is 0 Å². The molecule has 0 aliphatic heterocycles. The lowest BCUT2D eigenvalue weighted by atomic mass is 10.3. The molecule has 3 heteroatoms. The van der Waals surface area contributed by atoms with E-state index in [-0.39, 0.29) is 0 Å². The lowest BCUT2D eigenvalue weighted by molar-refractivity contribution is 0.301. The first-order valence-electron chi connectivity index (χ1n) is 5.37. The molecule has 0 aromatic carbocycles. The fourth-order valence-electron chi connectivity index (χ4n) is 1.33. The molecule has 3 nitrogen and oxygen atoms in total. The second-order valence-electron chi connectivity index (χ2n) is 4.43. The molecule has 0 fully saturated rings. The highest BCUT2D eigenvalue weighted by Crippen LogP contribution is 1.93. The Hall–Kier alpha value is -0.120. The normalized spacial score (nSPS) is 12.0. The maximum Gasteiger partial charge on any atom is -0.00135 e. The minimum atomic E-state index is 1.10. The van der Waals surface area contributed by atoms with Crippen LogP contribution < -0.4 is 0 Å². The monoisotopic (exact) mass is 200 g/mol. The Labute approximate surface area is 89.7 Å². The van der Waals surface area contributed by atoms with Crippen molar-refractivity contribution in [1.29, 1.82) is 0 Å². The highest BCUT2D eigenvalue weighted by molar-refractivity contribution is 4.58.